The largest absolute Gasteiger partial charge is 0.507 e. The van der Waals surface area contributed by atoms with E-state index in [1.54, 1.807) is 28.3 Å². The van der Waals surface area contributed by atoms with Crippen LogP contribution in [0, 0.1) is 4.77 Å². The lowest BCUT2D eigenvalue weighted by molar-refractivity contribution is 0.475. The van der Waals surface area contributed by atoms with Crippen molar-refractivity contribution in [2.45, 2.75) is 0 Å². The zero-order valence-corrected chi connectivity index (χ0v) is 14.0. The SMILES string of the molecule is Oc1ccc2ccccc2c1/C=N/n1c(-c2cccs2)n[nH]c1=S. The minimum Gasteiger partial charge on any atom is -0.507 e. The van der Waals surface area contributed by atoms with E-state index in [9.17, 15) is 5.11 Å². The highest BCUT2D eigenvalue weighted by Gasteiger charge is 2.10. The Labute approximate surface area is 146 Å². The smallest absolute Gasteiger partial charge is 0.216 e. The first-order valence-electron chi connectivity index (χ1n) is 7.20. The fourth-order valence-electron chi connectivity index (χ4n) is 2.50. The quantitative estimate of drug-likeness (QED) is 0.424. The molecule has 0 saturated heterocycles. The second kappa shape index (κ2) is 6.03. The van der Waals surface area contributed by atoms with E-state index in [2.05, 4.69) is 15.3 Å². The predicted molar refractivity (Wildman–Crippen MR) is 99.3 cm³/mol. The number of rotatable bonds is 3. The van der Waals surface area contributed by atoms with Crippen LogP contribution >= 0.6 is 23.6 Å². The Morgan fingerprint density at radius 1 is 1.17 bits per heavy atom. The number of nitrogens with zero attached hydrogens (tertiary/aromatic N) is 3. The van der Waals surface area contributed by atoms with Crippen LogP contribution in [0.2, 0.25) is 0 Å². The number of benzene rings is 2. The van der Waals surface area contributed by atoms with Gasteiger partial charge >= 0.3 is 0 Å². The van der Waals surface area contributed by atoms with Crippen molar-refractivity contribution in [2.24, 2.45) is 5.10 Å². The van der Waals surface area contributed by atoms with Crippen LogP contribution in [-0.2, 0) is 0 Å². The van der Waals surface area contributed by atoms with Gasteiger partial charge in [0.25, 0.3) is 0 Å². The molecule has 0 unspecified atom stereocenters. The molecule has 0 atom stereocenters. The molecule has 0 bridgehead atoms. The lowest BCUT2D eigenvalue weighted by Gasteiger charge is -2.05. The van der Waals surface area contributed by atoms with Crippen LogP contribution in [0.5, 0.6) is 5.75 Å². The highest BCUT2D eigenvalue weighted by Crippen LogP contribution is 2.26. The van der Waals surface area contributed by atoms with E-state index in [4.69, 9.17) is 12.2 Å². The fourth-order valence-corrected chi connectivity index (χ4v) is 3.38. The van der Waals surface area contributed by atoms with E-state index in [0.717, 1.165) is 15.6 Å². The first-order chi connectivity index (χ1) is 11.7. The van der Waals surface area contributed by atoms with Crippen LogP contribution in [0.1, 0.15) is 5.56 Å². The van der Waals surface area contributed by atoms with Gasteiger partial charge in [0.05, 0.1) is 11.1 Å². The number of H-pyrrole nitrogens is 1. The fraction of sp³-hybridized carbons (Fsp3) is 0. The molecule has 2 N–H and O–H groups in total. The standard InChI is InChI=1S/C17H12N4OS2/c22-14-8-7-11-4-1-2-5-12(11)13(14)10-18-21-16(19-20-17(21)23)15-6-3-9-24-15/h1-10,22H,(H,20,23)/b18-10+. The topological polar surface area (TPSA) is 66.2 Å². The van der Waals surface area contributed by atoms with Crippen molar-refractivity contribution in [3.8, 4) is 16.5 Å². The molecule has 24 heavy (non-hydrogen) atoms. The van der Waals surface area contributed by atoms with Crippen molar-refractivity contribution in [1.82, 2.24) is 14.9 Å². The number of fused-ring (bicyclic) bond motifs is 1. The van der Waals surface area contributed by atoms with Gasteiger partial charge in [-0.25, -0.2) is 5.10 Å². The summed E-state index contributed by atoms with van der Waals surface area (Å²) in [5.41, 5.74) is 0.647. The van der Waals surface area contributed by atoms with Crippen molar-refractivity contribution in [3.05, 3.63) is 64.2 Å². The molecule has 0 fully saturated rings. The van der Waals surface area contributed by atoms with Crippen molar-refractivity contribution in [3.63, 3.8) is 0 Å². The second-order valence-corrected chi connectivity index (χ2v) is 6.44. The van der Waals surface area contributed by atoms with E-state index in [1.807, 2.05) is 47.8 Å². The Hall–Kier alpha value is -2.77. The molecular formula is C17H12N4OS2. The third kappa shape index (κ3) is 2.53. The maximum atomic E-state index is 10.2. The van der Waals surface area contributed by atoms with E-state index < -0.39 is 0 Å². The lowest BCUT2D eigenvalue weighted by Crippen LogP contribution is -1.95. The summed E-state index contributed by atoms with van der Waals surface area (Å²) in [4.78, 5) is 0.960. The van der Waals surface area contributed by atoms with E-state index >= 15 is 0 Å². The number of nitrogens with one attached hydrogen (secondary N) is 1. The van der Waals surface area contributed by atoms with Gasteiger partial charge in [0, 0.05) is 5.56 Å². The number of phenols is 1. The van der Waals surface area contributed by atoms with E-state index in [-0.39, 0.29) is 5.75 Å². The van der Waals surface area contributed by atoms with Crippen LogP contribution < -0.4 is 0 Å². The molecule has 0 aliphatic carbocycles. The molecule has 0 aliphatic heterocycles. The monoisotopic (exact) mass is 352 g/mol. The minimum absolute atomic E-state index is 0.171. The minimum atomic E-state index is 0.171. The van der Waals surface area contributed by atoms with Crippen LogP contribution in [0.4, 0.5) is 0 Å². The van der Waals surface area contributed by atoms with Crippen LogP contribution in [0.15, 0.2) is 59.0 Å². The van der Waals surface area contributed by atoms with Gasteiger partial charge in [-0.3, -0.25) is 0 Å². The van der Waals surface area contributed by atoms with Crippen LogP contribution in [-0.4, -0.2) is 26.2 Å². The van der Waals surface area contributed by atoms with Gasteiger partial charge in [-0.05, 0) is 40.5 Å². The zero-order valence-electron chi connectivity index (χ0n) is 12.4. The summed E-state index contributed by atoms with van der Waals surface area (Å²) >= 11 is 6.82. The number of hydrogen-bond acceptors (Lipinski definition) is 5. The average Bonchev–Trinajstić information content (AvgIpc) is 3.24. The van der Waals surface area contributed by atoms with Gasteiger partial charge < -0.3 is 5.11 Å². The molecule has 118 valence electrons. The van der Waals surface area contributed by atoms with Crippen LogP contribution in [0.25, 0.3) is 21.5 Å². The first-order valence-corrected chi connectivity index (χ1v) is 8.49. The molecule has 7 heteroatoms. The zero-order chi connectivity index (χ0) is 16.5. The van der Waals surface area contributed by atoms with E-state index in [0.29, 0.717) is 16.2 Å². The molecule has 4 aromatic rings. The average molecular weight is 352 g/mol. The van der Waals surface area contributed by atoms with Crippen LogP contribution in [0.3, 0.4) is 0 Å². The molecule has 0 radical (unpaired) electrons. The summed E-state index contributed by atoms with van der Waals surface area (Å²) in [6, 6.07) is 15.3. The Morgan fingerprint density at radius 2 is 2.04 bits per heavy atom. The highest BCUT2D eigenvalue weighted by molar-refractivity contribution is 7.71. The van der Waals surface area contributed by atoms with Gasteiger partial charge in [0.15, 0.2) is 5.82 Å². The van der Waals surface area contributed by atoms with Crippen molar-refractivity contribution in [2.75, 3.05) is 0 Å². The molecular weight excluding hydrogens is 340 g/mol. The van der Waals surface area contributed by atoms with Gasteiger partial charge in [0.1, 0.15) is 5.75 Å². The summed E-state index contributed by atoms with van der Waals surface area (Å²) < 4.78 is 1.96. The summed E-state index contributed by atoms with van der Waals surface area (Å²) in [5.74, 6) is 0.816. The molecule has 0 spiro atoms. The number of aromatic amines is 1. The number of aromatic nitrogens is 3. The summed E-state index contributed by atoms with van der Waals surface area (Å²) in [6.07, 6.45) is 1.61. The number of aromatic hydroxyl groups is 1. The van der Waals surface area contributed by atoms with Crippen molar-refractivity contribution < 1.29 is 5.11 Å². The van der Waals surface area contributed by atoms with Gasteiger partial charge in [-0.1, -0.05) is 36.4 Å². The van der Waals surface area contributed by atoms with Gasteiger partial charge in [-0.15, -0.1) is 11.3 Å². The maximum Gasteiger partial charge on any atom is 0.216 e. The molecule has 2 aromatic heterocycles. The Bertz CT molecular complexity index is 1090. The number of thiophene rings is 1. The van der Waals surface area contributed by atoms with Gasteiger partial charge in [-0.2, -0.15) is 14.9 Å². The second-order valence-electron chi connectivity index (χ2n) is 5.11. The normalized spacial score (nSPS) is 11.5. The molecule has 2 heterocycles. The Morgan fingerprint density at radius 3 is 2.88 bits per heavy atom. The van der Waals surface area contributed by atoms with E-state index in [1.165, 1.54) is 0 Å². The third-order valence-corrected chi connectivity index (χ3v) is 4.77. The first kappa shape index (κ1) is 14.8. The Balaban J connectivity index is 1.84. The maximum absolute atomic E-state index is 10.2. The third-order valence-electron chi connectivity index (χ3n) is 3.64. The predicted octanol–water partition coefficient (Wildman–Crippen LogP) is 4.41. The lowest BCUT2D eigenvalue weighted by atomic mass is 10.0. The number of phenolic OH excluding ortho intramolecular Hbond substituents is 1. The molecule has 0 aliphatic rings. The number of hydrogen-bond donors (Lipinski definition) is 2. The molecule has 4 rings (SSSR count). The molecule has 0 amide bonds. The highest BCUT2D eigenvalue weighted by atomic mass is 32.1. The van der Waals surface area contributed by atoms with Crippen molar-refractivity contribution >= 4 is 40.5 Å². The molecule has 5 nitrogen and oxygen atoms in total. The Kier molecular flexibility index (Phi) is 3.72. The summed E-state index contributed by atoms with van der Waals surface area (Å²) in [7, 11) is 0. The molecule has 2 aromatic carbocycles. The molecule has 0 saturated carbocycles. The van der Waals surface area contributed by atoms with Gasteiger partial charge in [0.2, 0.25) is 4.77 Å². The summed E-state index contributed by atoms with van der Waals surface area (Å²) in [5, 5.41) is 25.6. The van der Waals surface area contributed by atoms with Crippen molar-refractivity contribution in [1.29, 1.82) is 0 Å². The summed E-state index contributed by atoms with van der Waals surface area (Å²) in [6.45, 7) is 0.